The molecule has 1 aromatic heterocycles. The van der Waals surface area contributed by atoms with Gasteiger partial charge >= 0.3 is 0 Å². The van der Waals surface area contributed by atoms with Crippen LogP contribution in [0.15, 0.2) is 10.8 Å². The summed E-state index contributed by atoms with van der Waals surface area (Å²) < 4.78 is 24.3. The summed E-state index contributed by atoms with van der Waals surface area (Å²) in [5, 5.41) is 5.30. The van der Waals surface area contributed by atoms with E-state index < -0.39 is 13.0 Å². The van der Waals surface area contributed by atoms with Crippen LogP contribution < -0.4 is 10.6 Å². The average Bonchev–Trinajstić information content (AvgIpc) is 2.16. The fraction of sp³-hybridized carbons (Fsp3) is 0.429. The van der Waals surface area contributed by atoms with Crippen molar-refractivity contribution < 1.29 is 8.78 Å². The fourth-order valence-electron chi connectivity index (χ4n) is 0.841. The number of aromatic nitrogens is 2. The first-order valence-electron chi connectivity index (χ1n) is 3.85. The minimum absolute atomic E-state index is 0.352. The maximum atomic E-state index is 11.9. The lowest BCUT2D eigenvalue weighted by Crippen LogP contribution is -2.12. The summed E-state index contributed by atoms with van der Waals surface area (Å²) in [7, 11) is 1.68. The summed E-state index contributed by atoms with van der Waals surface area (Å²) >= 11 is 3.20. The quantitative estimate of drug-likeness (QED) is 0.875. The van der Waals surface area contributed by atoms with Crippen molar-refractivity contribution in [3.05, 3.63) is 10.8 Å². The third-order valence-electron chi connectivity index (χ3n) is 1.45. The summed E-state index contributed by atoms with van der Waals surface area (Å²) in [4.78, 5) is 7.70. The molecule has 0 atom stereocenters. The molecule has 1 rings (SSSR count). The molecule has 0 aromatic carbocycles. The van der Waals surface area contributed by atoms with Crippen molar-refractivity contribution in [3.63, 3.8) is 0 Å². The molecule has 0 spiro atoms. The minimum atomic E-state index is -2.41. The molecule has 0 saturated heterocycles. The van der Waals surface area contributed by atoms with Crippen LogP contribution in [0.25, 0.3) is 0 Å². The highest BCUT2D eigenvalue weighted by atomic mass is 79.9. The molecule has 1 aromatic rings. The summed E-state index contributed by atoms with van der Waals surface area (Å²) in [5.74, 6) is 0.904. The Bertz CT molecular complexity index is 308. The number of alkyl halides is 2. The topological polar surface area (TPSA) is 49.8 Å². The van der Waals surface area contributed by atoms with Gasteiger partial charge in [-0.05, 0) is 15.9 Å². The van der Waals surface area contributed by atoms with Gasteiger partial charge in [0, 0.05) is 7.05 Å². The predicted molar refractivity (Wildman–Crippen MR) is 53.8 cm³/mol. The molecule has 14 heavy (non-hydrogen) atoms. The van der Waals surface area contributed by atoms with Crippen LogP contribution in [-0.2, 0) is 0 Å². The summed E-state index contributed by atoms with van der Waals surface area (Å²) in [6.45, 7) is -0.432. The fourth-order valence-corrected chi connectivity index (χ4v) is 1.38. The highest BCUT2D eigenvalue weighted by Gasteiger charge is 2.08. The van der Waals surface area contributed by atoms with E-state index in [1.807, 2.05) is 0 Å². The molecule has 0 bridgehead atoms. The Kier molecular flexibility index (Phi) is 3.99. The molecule has 78 valence electrons. The van der Waals surface area contributed by atoms with Gasteiger partial charge in [-0.2, -0.15) is 0 Å². The van der Waals surface area contributed by atoms with Crippen LogP contribution in [0, 0.1) is 0 Å². The van der Waals surface area contributed by atoms with Crippen LogP contribution >= 0.6 is 15.9 Å². The van der Waals surface area contributed by atoms with Crippen molar-refractivity contribution in [2.24, 2.45) is 0 Å². The van der Waals surface area contributed by atoms with Gasteiger partial charge in [0.2, 0.25) is 0 Å². The van der Waals surface area contributed by atoms with Crippen LogP contribution in [0.4, 0.5) is 20.4 Å². The maximum Gasteiger partial charge on any atom is 0.255 e. The second-order valence-corrected chi connectivity index (χ2v) is 3.20. The standard InChI is InChI=1S/C7H9BrF2N4/c1-11-6-5(8)7(14-3-13-6)12-2-4(9)10/h3-4H,2H2,1H3,(H2,11,12,13,14). The molecule has 0 unspecified atom stereocenters. The predicted octanol–water partition coefficient (Wildman–Crippen LogP) is 1.96. The molecule has 0 aliphatic rings. The third kappa shape index (κ3) is 2.76. The Morgan fingerprint density at radius 2 is 2.07 bits per heavy atom. The Balaban J connectivity index is 2.76. The van der Waals surface area contributed by atoms with E-state index in [-0.39, 0.29) is 0 Å². The van der Waals surface area contributed by atoms with Crippen LogP contribution in [0.5, 0.6) is 0 Å². The molecular weight excluding hydrogens is 258 g/mol. The van der Waals surface area contributed by atoms with Crippen molar-refractivity contribution in [1.29, 1.82) is 0 Å². The van der Waals surface area contributed by atoms with Gasteiger partial charge < -0.3 is 10.6 Å². The number of nitrogens with zero attached hydrogens (tertiary/aromatic N) is 2. The summed E-state index contributed by atoms with van der Waals surface area (Å²) in [6.07, 6.45) is -1.11. The second-order valence-electron chi connectivity index (χ2n) is 2.41. The Morgan fingerprint density at radius 1 is 1.43 bits per heavy atom. The van der Waals surface area contributed by atoms with E-state index in [1.54, 1.807) is 7.05 Å². The molecule has 0 amide bonds. The molecule has 0 aliphatic heterocycles. The molecule has 7 heteroatoms. The van der Waals surface area contributed by atoms with E-state index in [2.05, 4.69) is 36.5 Å². The average molecular weight is 267 g/mol. The van der Waals surface area contributed by atoms with Gasteiger partial charge in [0.15, 0.2) is 0 Å². The zero-order valence-corrected chi connectivity index (χ0v) is 8.98. The zero-order chi connectivity index (χ0) is 10.6. The van der Waals surface area contributed by atoms with Crippen molar-refractivity contribution >= 4 is 27.6 Å². The van der Waals surface area contributed by atoms with E-state index in [0.717, 1.165) is 0 Å². The highest BCUT2D eigenvalue weighted by molar-refractivity contribution is 9.10. The molecule has 2 N–H and O–H groups in total. The molecule has 0 radical (unpaired) electrons. The first-order valence-corrected chi connectivity index (χ1v) is 4.64. The maximum absolute atomic E-state index is 11.9. The highest BCUT2D eigenvalue weighted by Crippen LogP contribution is 2.25. The lowest BCUT2D eigenvalue weighted by atomic mass is 10.5. The Morgan fingerprint density at radius 3 is 2.64 bits per heavy atom. The van der Waals surface area contributed by atoms with Crippen LogP contribution in [0.2, 0.25) is 0 Å². The second kappa shape index (κ2) is 5.04. The van der Waals surface area contributed by atoms with E-state index >= 15 is 0 Å². The van der Waals surface area contributed by atoms with Gasteiger partial charge in [-0.15, -0.1) is 0 Å². The molecule has 0 aliphatic carbocycles. The third-order valence-corrected chi connectivity index (χ3v) is 2.20. The van der Waals surface area contributed by atoms with E-state index in [0.29, 0.717) is 16.1 Å². The van der Waals surface area contributed by atoms with Gasteiger partial charge in [0.05, 0.1) is 6.54 Å². The van der Waals surface area contributed by atoms with Gasteiger partial charge in [0.1, 0.15) is 22.4 Å². The number of nitrogens with one attached hydrogen (secondary N) is 2. The SMILES string of the molecule is CNc1ncnc(NCC(F)F)c1Br. The van der Waals surface area contributed by atoms with Crippen molar-refractivity contribution in [3.8, 4) is 0 Å². The largest absolute Gasteiger partial charge is 0.372 e. The normalized spacial score (nSPS) is 10.4. The van der Waals surface area contributed by atoms with Crippen LogP contribution in [-0.4, -0.2) is 30.0 Å². The summed E-state index contributed by atoms with van der Waals surface area (Å²) in [5.41, 5.74) is 0. The van der Waals surface area contributed by atoms with Crippen LogP contribution in [0.1, 0.15) is 0 Å². The van der Waals surface area contributed by atoms with E-state index in [9.17, 15) is 8.78 Å². The lowest BCUT2D eigenvalue weighted by molar-refractivity contribution is 0.163. The zero-order valence-electron chi connectivity index (χ0n) is 7.39. The van der Waals surface area contributed by atoms with Crippen LogP contribution in [0.3, 0.4) is 0 Å². The first kappa shape index (κ1) is 11.1. The molecule has 0 fully saturated rings. The van der Waals surface area contributed by atoms with Gasteiger partial charge in [-0.25, -0.2) is 18.7 Å². The molecular formula is C7H9BrF2N4. The van der Waals surface area contributed by atoms with E-state index in [1.165, 1.54) is 6.33 Å². The first-order chi connectivity index (χ1) is 6.65. The number of hydrogen-bond donors (Lipinski definition) is 2. The van der Waals surface area contributed by atoms with Crippen molar-refractivity contribution in [1.82, 2.24) is 9.97 Å². The minimum Gasteiger partial charge on any atom is -0.372 e. The molecule has 1 heterocycles. The molecule has 4 nitrogen and oxygen atoms in total. The lowest BCUT2D eigenvalue weighted by Gasteiger charge is -2.08. The Labute approximate surface area is 88.3 Å². The van der Waals surface area contributed by atoms with E-state index in [4.69, 9.17) is 0 Å². The number of rotatable bonds is 4. The van der Waals surface area contributed by atoms with Crippen molar-refractivity contribution in [2.45, 2.75) is 6.43 Å². The van der Waals surface area contributed by atoms with Gasteiger partial charge in [0.25, 0.3) is 6.43 Å². The van der Waals surface area contributed by atoms with Gasteiger partial charge in [-0.3, -0.25) is 0 Å². The Hall–Kier alpha value is -0.980. The molecule has 0 saturated carbocycles. The number of hydrogen-bond acceptors (Lipinski definition) is 4. The van der Waals surface area contributed by atoms with Crippen molar-refractivity contribution in [2.75, 3.05) is 24.2 Å². The summed E-state index contributed by atoms with van der Waals surface area (Å²) in [6, 6.07) is 0. The monoisotopic (exact) mass is 266 g/mol. The smallest absolute Gasteiger partial charge is 0.255 e. The van der Waals surface area contributed by atoms with Gasteiger partial charge in [-0.1, -0.05) is 0 Å². The number of anilines is 2. The number of halogens is 3.